The van der Waals surface area contributed by atoms with Gasteiger partial charge in [-0.05, 0) is 39.8 Å². The predicted octanol–water partition coefficient (Wildman–Crippen LogP) is 1.22. The first-order chi connectivity index (χ1) is 7.27. The number of nitrogens with zero attached hydrogens (tertiary/aromatic N) is 1. The molecule has 3 nitrogen and oxygen atoms in total. The SMILES string of the molecule is CNC(CCO)CN1CCCCCC1C. The Bertz CT molecular complexity index is 164. The monoisotopic (exact) mass is 214 g/mol. The van der Waals surface area contributed by atoms with Crippen molar-refractivity contribution in [3.63, 3.8) is 0 Å². The second kappa shape index (κ2) is 7.20. The van der Waals surface area contributed by atoms with Crippen LogP contribution in [0.3, 0.4) is 0 Å². The highest BCUT2D eigenvalue weighted by atomic mass is 16.3. The van der Waals surface area contributed by atoms with Gasteiger partial charge in [0.2, 0.25) is 0 Å². The first-order valence-corrected chi connectivity index (χ1v) is 6.30. The Balaban J connectivity index is 2.38. The van der Waals surface area contributed by atoms with E-state index in [1.165, 1.54) is 32.2 Å². The Morgan fingerprint density at radius 2 is 2.20 bits per heavy atom. The van der Waals surface area contributed by atoms with E-state index in [0.29, 0.717) is 12.1 Å². The molecule has 0 aromatic carbocycles. The summed E-state index contributed by atoms with van der Waals surface area (Å²) in [5.41, 5.74) is 0. The molecule has 2 unspecified atom stereocenters. The van der Waals surface area contributed by atoms with E-state index in [0.717, 1.165) is 13.0 Å². The van der Waals surface area contributed by atoms with Gasteiger partial charge in [0.1, 0.15) is 0 Å². The number of hydrogen-bond donors (Lipinski definition) is 2. The molecule has 2 atom stereocenters. The average molecular weight is 214 g/mol. The Labute approximate surface area is 93.9 Å². The lowest BCUT2D eigenvalue weighted by Crippen LogP contribution is -2.43. The molecule has 1 rings (SSSR count). The normalized spacial score (nSPS) is 26.2. The summed E-state index contributed by atoms with van der Waals surface area (Å²) in [4.78, 5) is 2.57. The summed E-state index contributed by atoms with van der Waals surface area (Å²) in [5, 5.41) is 12.2. The van der Waals surface area contributed by atoms with Crippen molar-refractivity contribution >= 4 is 0 Å². The maximum absolute atomic E-state index is 8.96. The second-order valence-corrected chi connectivity index (χ2v) is 4.69. The fourth-order valence-electron chi connectivity index (χ4n) is 2.37. The third kappa shape index (κ3) is 4.49. The number of aliphatic hydroxyl groups is 1. The lowest BCUT2D eigenvalue weighted by molar-refractivity contribution is 0.175. The van der Waals surface area contributed by atoms with Gasteiger partial charge < -0.3 is 10.4 Å². The quantitative estimate of drug-likeness (QED) is 0.722. The van der Waals surface area contributed by atoms with Gasteiger partial charge in [0.05, 0.1) is 0 Å². The highest BCUT2D eigenvalue weighted by Gasteiger charge is 2.19. The van der Waals surface area contributed by atoms with Crippen LogP contribution in [0.4, 0.5) is 0 Å². The summed E-state index contributed by atoms with van der Waals surface area (Å²) in [6, 6.07) is 1.15. The van der Waals surface area contributed by atoms with Gasteiger partial charge in [-0.1, -0.05) is 12.8 Å². The number of nitrogens with one attached hydrogen (secondary N) is 1. The van der Waals surface area contributed by atoms with Gasteiger partial charge >= 0.3 is 0 Å². The minimum atomic E-state index is 0.285. The van der Waals surface area contributed by atoms with E-state index < -0.39 is 0 Å². The molecule has 0 saturated carbocycles. The van der Waals surface area contributed by atoms with E-state index in [1.807, 2.05) is 7.05 Å². The molecule has 2 N–H and O–H groups in total. The zero-order valence-electron chi connectivity index (χ0n) is 10.2. The van der Waals surface area contributed by atoms with E-state index in [4.69, 9.17) is 5.11 Å². The van der Waals surface area contributed by atoms with Crippen molar-refractivity contribution in [2.75, 3.05) is 26.7 Å². The second-order valence-electron chi connectivity index (χ2n) is 4.69. The highest BCUT2D eigenvalue weighted by molar-refractivity contribution is 4.77. The Kier molecular flexibility index (Phi) is 6.22. The molecule has 0 aliphatic carbocycles. The van der Waals surface area contributed by atoms with Gasteiger partial charge in [0.25, 0.3) is 0 Å². The van der Waals surface area contributed by atoms with E-state index in [2.05, 4.69) is 17.1 Å². The predicted molar refractivity (Wildman–Crippen MR) is 64.1 cm³/mol. The summed E-state index contributed by atoms with van der Waals surface area (Å²) >= 11 is 0. The Morgan fingerprint density at radius 3 is 2.87 bits per heavy atom. The van der Waals surface area contributed by atoms with Gasteiger partial charge in [0, 0.05) is 25.2 Å². The van der Waals surface area contributed by atoms with Crippen molar-refractivity contribution in [1.82, 2.24) is 10.2 Å². The lowest BCUT2D eigenvalue weighted by atomic mass is 10.1. The molecule has 1 aliphatic rings. The molecule has 15 heavy (non-hydrogen) atoms. The molecule has 0 spiro atoms. The van der Waals surface area contributed by atoms with Crippen molar-refractivity contribution < 1.29 is 5.11 Å². The van der Waals surface area contributed by atoms with E-state index in [9.17, 15) is 0 Å². The third-order valence-electron chi connectivity index (χ3n) is 3.53. The van der Waals surface area contributed by atoms with Crippen LogP contribution in [-0.2, 0) is 0 Å². The van der Waals surface area contributed by atoms with Crippen molar-refractivity contribution in [2.24, 2.45) is 0 Å². The number of likely N-dealkylation sites (N-methyl/N-ethyl adjacent to an activating group) is 1. The largest absolute Gasteiger partial charge is 0.396 e. The van der Waals surface area contributed by atoms with Gasteiger partial charge in [-0.3, -0.25) is 4.90 Å². The number of hydrogen-bond acceptors (Lipinski definition) is 3. The van der Waals surface area contributed by atoms with Crippen molar-refractivity contribution in [3.05, 3.63) is 0 Å². The Hall–Kier alpha value is -0.120. The first-order valence-electron chi connectivity index (χ1n) is 6.30. The van der Waals surface area contributed by atoms with Crippen molar-refractivity contribution in [2.45, 2.75) is 51.1 Å². The summed E-state index contributed by atoms with van der Waals surface area (Å²) < 4.78 is 0. The molecule has 1 saturated heterocycles. The summed E-state index contributed by atoms with van der Waals surface area (Å²) in [6.07, 6.45) is 6.28. The number of rotatable bonds is 5. The van der Waals surface area contributed by atoms with E-state index in [-0.39, 0.29) is 6.61 Å². The van der Waals surface area contributed by atoms with E-state index >= 15 is 0 Å². The molecular formula is C12H26N2O. The standard InChI is InChI=1S/C12H26N2O/c1-11-6-4-3-5-8-14(11)10-12(13-2)7-9-15/h11-13,15H,3-10H2,1-2H3. The molecule has 1 fully saturated rings. The molecule has 0 aromatic heterocycles. The van der Waals surface area contributed by atoms with Gasteiger partial charge in [0.15, 0.2) is 0 Å². The smallest absolute Gasteiger partial charge is 0.0446 e. The molecule has 0 radical (unpaired) electrons. The summed E-state index contributed by atoms with van der Waals surface area (Å²) in [6.45, 7) is 4.92. The molecule has 0 amide bonds. The minimum absolute atomic E-state index is 0.285. The van der Waals surface area contributed by atoms with E-state index in [1.54, 1.807) is 0 Å². The molecular weight excluding hydrogens is 188 g/mol. The van der Waals surface area contributed by atoms with Crippen LogP contribution in [-0.4, -0.2) is 48.8 Å². The topological polar surface area (TPSA) is 35.5 Å². The average Bonchev–Trinajstić information content (AvgIpc) is 2.43. The zero-order chi connectivity index (χ0) is 11.1. The van der Waals surface area contributed by atoms with Crippen molar-refractivity contribution in [3.8, 4) is 0 Å². The third-order valence-corrected chi connectivity index (χ3v) is 3.53. The fourth-order valence-corrected chi connectivity index (χ4v) is 2.37. The maximum Gasteiger partial charge on any atom is 0.0446 e. The number of likely N-dealkylation sites (tertiary alicyclic amines) is 1. The molecule has 0 bridgehead atoms. The van der Waals surface area contributed by atoms with Crippen LogP contribution in [0.2, 0.25) is 0 Å². The van der Waals surface area contributed by atoms with Crippen LogP contribution in [0, 0.1) is 0 Å². The zero-order valence-corrected chi connectivity index (χ0v) is 10.2. The van der Waals surface area contributed by atoms with Crippen LogP contribution in [0.15, 0.2) is 0 Å². The van der Waals surface area contributed by atoms with Crippen LogP contribution >= 0.6 is 0 Å². The molecule has 0 aromatic rings. The molecule has 1 heterocycles. The summed E-state index contributed by atoms with van der Waals surface area (Å²) in [7, 11) is 1.99. The van der Waals surface area contributed by atoms with Gasteiger partial charge in [-0.25, -0.2) is 0 Å². The minimum Gasteiger partial charge on any atom is -0.396 e. The maximum atomic E-state index is 8.96. The number of aliphatic hydroxyl groups excluding tert-OH is 1. The lowest BCUT2D eigenvalue weighted by Gasteiger charge is -2.30. The molecule has 1 aliphatic heterocycles. The first kappa shape index (κ1) is 12.9. The van der Waals surface area contributed by atoms with Crippen molar-refractivity contribution in [1.29, 1.82) is 0 Å². The Morgan fingerprint density at radius 1 is 1.40 bits per heavy atom. The molecule has 3 heteroatoms. The van der Waals surface area contributed by atoms with Gasteiger partial charge in [-0.15, -0.1) is 0 Å². The van der Waals surface area contributed by atoms with Crippen LogP contribution in [0.1, 0.15) is 39.0 Å². The van der Waals surface area contributed by atoms with Gasteiger partial charge in [-0.2, -0.15) is 0 Å². The van der Waals surface area contributed by atoms with Crippen LogP contribution in [0.5, 0.6) is 0 Å². The highest BCUT2D eigenvalue weighted by Crippen LogP contribution is 2.16. The summed E-state index contributed by atoms with van der Waals surface area (Å²) in [5.74, 6) is 0. The molecule has 90 valence electrons. The van der Waals surface area contributed by atoms with Crippen LogP contribution in [0.25, 0.3) is 0 Å². The van der Waals surface area contributed by atoms with Crippen LogP contribution < -0.4 is 5.32 Å². The fraction of sp³-hybridized carbons (Fsp3) is 1.00.